The second kappa shape index (κ2) is 5.03. The van der Waals surface area contributed by atoms with Crippen LogP contribution < -0.4 is 5.32 Å². The number of nitrogens with one attached hydrogen (secondary N) is 1. The van der Waals surface area contributed by atoms with Crippen LogP contribution in [-0.2, 0) is 6.42 Å². The van der Waals surface area contributed by atoms with E-state index in [1.807, 2.05) is 6.07 Å². The third kappa shape index (κ3) is 2.42. The molecule has 2 N–H and O–H groups in total. The number of hydrogen-bond acceptors (Lipinski definition) is 2. The molecule has 1 aliphatic heterocycles. The van der Waals surface area contributed by atoms with E-state index in [1.165, 1.54) is 0 Å². The highest BCUT2D eigenvalue weighted by molar-refractivity contribution is 5.91. The Morgan fingerprint density at radius 2 is 2.13 bits per heavy atom. The SMILES string of the molecule is Cl.O=C(O)c1cccc2c1CCCCN2. The number of fused-ring (bicyclic) bond motifs is 1. The van der Waals surface area contributed by atoms with Crippen molar-refractivity contribution in [1.29, 1.82) is 0 Å². The van der Waals surface area contributed by atoms with Gasteiger partial charge in [-0.1, -0.05) is 6.07 Å². The molecule has 15 heavy (non-hydrogen) atoms. The van der Waals surface area contributed by atoms with Crippen LogP contribution in [0.3, 0.4) is 0 Å². The van der Waals surface area contributed by atoms with Gasteiger partial charge in [0.1, 0.15) is 0 Å². The maximum Gasteiger partial charge on any atom is 0.336 e. The number of benzene rings is 1. The Labute approximate surface area is 94.9 Å². The summed E-state index contributed by atoms with van der Waals surface area (Å²) in [7, 11) is 0. The minimum Gasteiger partial charge on any atom is -0.478 e. The maximum atomic E-state index is 11.0. The van der Waals surface area contributed by atoms with Gasteiger partial charge in [-0.3, -0.25) is 0 Å². The van der Waals surface area contributed by atoms with E-state index in [9.17, 15) is 4.79 Å². The molecule has 0 radical (unpaired) electrons. The van der Waals surface area contributed by atoms with Gasteiger partial charge in [0, 0.05) is 12.2 Å². The van der Waals surface area contributed by atoms with E-state index in [0.29, 0.717) is 5.56 Å². The zero-order chi connectivity index (χ0) is 9.97. The molecule has 1 aromatic carbocycles. The molecule has 0 aromatic heterocycles. The van der Waals surface area contributed by atoms with E-state index in [1.54, 1.807) is 12.1 Å². The Morgan fingerprint density at radius 3 is 2.87 bits per heavy atom. The van der Waals surface area contributed by atoms with Crippen molar-refractivity contribution in [2.24, 2.45) is 0 Å². The highest BCUT2D eigenvalue weighted by Gasteiger charge is 2.15. The van der Waals surface area contributed by atoms with Crippen LogP contribution >= 0.6 is 12.4 Å². The van der Waals surface area contributed by atoms with Crippen LogP contribution in [0.15, 0.2) is 18.2 Å². The summed E-state index contributed by atoms with van der Waals surface area (Å²) in [5.41, 5.74) is 2.39. The van der Waals surface area contributed by atoms with Crippen molar-refractivity contribution in [3.8, 4) is 0 Å². The standard InChI is InChI=1S/C11H13NO2.ClH/c13-11(14)9-5-3-6-10-8(9)4-1-2-7-12-10;/h3,5-6,12H,1-2,4,7H2,(H,13,14);1H. The summed E-state index contributed by atoms with van der Waals surface area (Å²) in [4.78, 5) is 11.0. The Balaban J connectivity index is 0.00000112. The van der Waals surface area contributed by atoms with Crippen LogP contribution in [0, 0.1) is 0 Å². The summed E-state index contributed by atoms with van der Waals surface area (Å²) < 4.78 is 0. The van der Waals surface area contributed by atoms with Gasteiger partial charge in [-0.05, 0) is 37.0 Å². The molecular formula is C11H14ClNO2. The quantitative estimate of drug-likeness (QED) is 0.775. The number of anilines is 1. The van der Waals surface area contributed by atoms with Crippen LogP contribution in [-0.4, -0.2) is 17.6 Å². The predicted octanol–water partition coefficient (Wildman–Crippen LogP) is 2.55. The second-order valence-corrected chi connectivity index (χ2v) is 3.52. The molecule has 1 aromatic rings. The van der Waals surface area contributed by atoms with Gasteiger partial charge < -0.3 is 10.4 Å². The summed E-state index contributed by atoms with van der Waals surface area (Å²) in [5.74, 6) is -0.828. The van der Waals surface area contributed by atoms with Crippen LogP contribution in [0.5, 0.6) is 0 Å². The summed E-state index contributed by atoms with van der Waals surface area (Å²) in [6.45, 7) is 0.941. The van der Waals surface area contributed by atoms with Crippen molar-refractivity contribution in [2.45, 2.75) is 19.3 Å². The number of hydrogen-bond donors (Lipinski definition) is 2. The fraction of sp³-hybridized carbons (Fsp3) is 0.364. The molecule has 0 amide bonds. The smallest absolute Gasteiger partial charge is 0.336 e. The minimum absolute atomic E-state index is 0. The van der Waals surface area contributed by atoms with E-state index in [4.69, 9.17) is 5.11 Å². The average molecular weight is 228 g/mol. The first-order chi connectivity index (χ1) is 6.79. The fourth-order valence-electron chi connectivity index (χ4n) is 1.87. The fourth-order valence-corrected chi connectivity index (χ4v) is 1.87. The van der Waals surface area contributed by atoms with Gasteiger partial charge in [-0.2, -0.15) is 0 Å². The Hall–Kier alpha value is -1.22. The zero-order valence-electron chi connectivity index (χ0n) is 8.32. The van der Waals surface area contributed by atoms with E-state index < -0.39 is 5.97 Å². The lowest BCUT2D eigenvalue weighted by Crippen LogP contribution is -2.05. The number of halogens is 1. The predicted molar refractivity (Wildman–Crippen MR) is 62.1 cm³/mol. The first-order valence-corrected chi connectivity index (χ1v) is 4.88. The number of carbonyl (C=O) groups is 1. The highest BCUT2D eigenvalue weighted by Crippen LogP contribution is 2.24. The first kappa shape index (κ1) is 11.9. The number of aromatic carboxylic acids is 1. The Kier molecular flexibility index (Phi) is 3.97. The van der Waals surface area contributed by atoms with E-state index >= 15 is 0 Å². The largest absolute Gasteiger partial charge is 0.478 e. The molecule has 0 saturated heterocycles. The van der Waals surface area contributed by atoms with Crippen molar-refractivity contribution in [3.63, 3.8) is 0 Å². The Bertz CT molecular complexity index is 366. The Morgan fingerprint density at radius 1 is 1.33 bits per heavy atom. The van der Waals surface area contributed by atoms with E-state index in [-0.39, 0.29) is 12.4 Å². The summed E-state index contributed by atoms with van der Waals surface area (Å²) in [6.07, 6.45) is 3.03. The molecule has 0 fully saturated rings. The van der Waals surface area contributed by atoms with Crippen molar-refractivity contribution in [2.75, 3.05) is 11.9 Å². The lowest BCUT2D eigenvalue weighted by molar-refractivity contribution is 0.0696. The number of carboxylic acids is 1. The molecule has 1 heterocycles. The molecule has 0 spiro atoms. The molecule has 4 heteroatoms. The molecule has 0 atom stereocenters. The molecule has 0 bridgehead atoms. The third-order valence-corrected chi connectivity index (χ3v) is 2.58. The molecule has 2 rings (SSSR count). The lowest BCUT2D eigenvalue weighted by Gasteiger charge is -2.09. The summed E-state index contributed by atoms with van der Waals surface area (Å²) in [6, 6.07) is 5.42. The van der Waals surface area contributed by atoms with Gasteiger partial charge >= 0.3 is 5.97 Å². The van der Waals surface area contributed by atoms with E-state index in [0.717, 1.165) is 37.1 Å². The van der Waals surface area contributed by atoms with Crippen LogP contribution in [0.1, 0.15) is 28.8 Å². The van der Waals surface area contributed by atoms with Crippen molar-refractivity contribution < 1.29 is 9.90 Å². The van der Waals surface area contributed by atoms with Crippen LogP contribution in [0.4, 0.5) is 5.69 Å². The van der Waals surface area contributed by atoms with Crippen molar-refractivity contribution in [1.82, 2.24) is 0 Å². The lowest BCUT2D eigenvalue weighted by atomic mass is 10.0. The molecule has 0 aliphatic carbocycles. The summed E-state index contributed by atoms with van der Waals surface area (Å²) >= 11 is 0. The van der Waals surface area contributed by atoms with Crippen molar-refractivity contribution >= 4 is 24.1 Å². The monoisotopic (exact) mass is 227 g/mol. The normalized spacial score (nSPS) is 14.1. The summed E-state index contributed by atoms with van der Waals surface area (Å²) in [5, 5.41) is 12.3. The maximum absolute atomic E-state index is 11.0. The van der Waals surface area contributed by atoms with Crippen molar-refractivity contribution in [3.05, 3.63) is 29.3 Å². The average Bonchev–Trinajstić information content (AvgIpc) is 2.41. The molecular weight excluding hydrogens is 214 g/mol. The van der Waals surface area contributed by atoms with Gasteiger partial charge in [0.15, 0.2) is 0 Å². The van der Waals surface area contributed by atoms with E-state index in [2.05, 4.69) is 5.32 Å². The van der Waals surface area contributed by atoms with Gasteiger partial charge in [-0.25, -0.2) is 4.79 Å². The van der Waals surface area contributed by atoms with Gasteiger partial charge in [0.2, 0.25) is 0 Å². The van der Waals surface area contributed by atoms with Gasteiger partial charge in [0.25, 0.3) is 0 Å². The zero-order valence-corrected chi connectivity index (χ0v) is 9.14. The molecule has 3 nitrogen and oxygen atoms in total. The number of carboxylic acid groups (broad SMARTS) is 1. The van der Waals surface area contributed by atoms with Crippen LogP contribution in [0.2, 0.25) is 0 Å². The highest BCUT2D eigenvalue weighted by atomic mass is 35.5. The molecule has 82 valence electrons. The molecule has 0 unspecified atom stereocenters. The van der Waals surface area contributed by atoms with Crippen LogP contribution in [0.25, 0.3) is 0 Å². The number of rotatable bonds is 1. The van der Waals surface area contributed by atoms with Gasteiger partial charge in [-0.15, -0.1) is 12.4 Å². The minimum atomic E-state index is -0.828. The second-order valence-electron chi connectivity index (χ2n) is 3.52. The molecule has 0 saturated carbocycles. The van der Waals surface area contributed by atoms with Gasteiger partial charge in [0.05, 0.1) is 5.56 Å². The first-order valence-electron chi connectivity index (χ1n) is 4.88. The topological polar surface area (TPSA) is 49.3 Å². The third-order valence-electron chi connectivity index (χ3n) is 2.58. The molecule has 1 aliphatic rings.